The van der Waals surface area contributed by atoms with Gasteiger partial charge in [0.05, 0.1) is 12.6 Å². The second kappa shape index (κ2) is 6.37. The van der Waals surface area contributed by atoms with Crippen LogP contribution < -0.4 is 9.80 Å². The number of quaternary nitrogens is 2. The molecule has 1 aliphatic heterocycles. The number of nitrogens with one attached hydrogen (secondary N) is 2. The number of hydrogen-bond acceptors (Lipinski definition) is 3. The maximum atomic E-state index is 4.43. The lowest BCUT2D eigenvalue weighted by molar-refractivity contribution is -1.02. The van der Waals surface area contributed by atoms with Gasteiger partial charge in [0.2, 0.25) is 5.82 Å². The van der Waals surface area contributed by atoms with Gasteiger partial charge in [0, 0.05) is 5.56 Å². The van der Waals surface area contributed by atoms with E-state index in [4.69, 9.17) is 0 Å². The number of likely N-dealkylation sites (N-methyl/N-ethyl adjacent to an activating group) is 1. The van der Waals surface area contributed by atoms with Crippen LogP contribution >= 0.6 is 0 Å². The van der Waals surface area contributed by atoms with Crippen molar-refractivity contribution in [3.63, 3.8) is 0 Å². The summed E-state index contributed by atoms with van der Waals surface area (Å²) in [6.45, 7) is 11.1. The number of nitrogens with zero attached hydrogens (tertiary/aromatic N) is 4. The Morgan fingerprint density at radius 1 is 1.04 bits per heavy atom. The second-order valence-electron chi connectivity index (χ2n) is 7.58. The topological polar surface area (TPSA) is 52.5 Å². The van der Waals surface area contributed by atoms with E-state index < -0.39 is 0 Å². The van der Waals surface area contributed by atoms with E-state index in [1.54, 1.807) is 9.80 Å². The molecule has 0 aliphatic carbocycles. The van der Waals surface area contributed by atoms with E-state index in [0.717, 1.165) is 18.9 Å². The lowest BCUT2D eigenvalue weighted by atomic mass is 10.0. The molecular formula is C17H28N6+2. The maximum absolute atomic E-state index is 4.43. The van der Waals surface area contributed by atoms with Crippen molar-refractivity contribution in [3.05, 3.63) is 41.7 Å². The summed E-state index contributed by atoms with van der Waals surface area (Å²) in [6, 6.07) is 10.9. The number of rotatable bonds is 3. The van der Waals surface area contributed by atoms with E-state index in [-0.39, 0.29) is 11.6 Å². The van der Waals surface area contributed by atoms with Gasteiger partial charge in [0.25, 0.3) is 0 Å². The third-order valence-corrected chi connectivity index (χ3v) is 4.67. The summed E-state index contributed by atoms with van der Waals surface area (Å²) in [7, 11) is 2.27. The van der Waals surface area contributed by atoms with Crippen LogP contribution in [0.1, 0.15) is 38.2 Å². The second-order valence-corrected chi connectivity index (χ2v) is 7.58. The summed E-state index contributed by atoms with van der Waals surface area (Å²) in [4.78, 5) is 3.16. The Hall–Kier alpha value is -1.79. The molecule has 0 bridgehead atoms. The van der Waals surface area contributed by atoms with Gasteiger partial charge >= 0.3 is 0 Å². The van der Waals surface area contributed by atoms with Crippen molar-refractivity contribution < 1.29 is 9.80 Å². The van der Waals surface area contributed by atoms with Gasteiger partial charge in [-0.05, 0) is 31.2 Å². The molecule has 2 heterocycles. The van der Waals surface area contributed by atoms with Crippen LogP contribution in [-0.4, -0.2) is 53.4 Å². The molecule has 6 nitrogen and oxygen atoms in total. The number of benzene rings is 1. The monoisotopic (exact) mass is 316 g/mol. The zero-order valence-corrected chi connectivity index (χ0v) is 14.6. The normalized spacial score (nSPS) is 23.7. The zero-order chi connectivity index (χ0) is 16.4. The minimum absolute atomic E-state index is 0.122. The third kappa shape index (κ3) is 3.43. The highest BCUT2D eigenvalue weighted by molar-refractivity contribution is 5.22. The molecule has 1 aliphatic rings. The van der Waals surface area contributed by atoms with Crippen LogP contribution in [0.15, 0.2) is 30.3 Å². The summed E-state index contributed by atoms with van der Waals surface area (Å²) in [5.74, 6) is 0.971. The number of aromatic nitrogens is 4. The average molecular weight is 316 g/mol. The van der Waals surface area contributed by atoms with Crippen molar-refractivity contribution in [1.29, 1.82) is 0 Å². The molecule has 0 saturated carbocycles. The number of tetrazole rings is 1. The molecule has 0 spiro atoms. The van der Waals surface area contributed by atoms with E-state index in [2.05, 4.69) is 73.7 Å². The minimum atomic E-state index is -0.122. The largest absolute Gasteiger partial charge is 0.328 e. The van der Waals surface area contributed by atoms with Gasteiger partial charge in [0.1, 0.15) is 26.2 Å². The van der Waals surface area contributed by atoms with Crippen molar-refractivity contribution in [1.82, 2.24) is 20.2 Å². The molecular weight excluding hydrogens is 288 g/mol. The first-order valence-corrected chi connectivity index (χ1v) is 8.46. The Balaban J connectivity index is 2.01. The molecule has 1 aromatic carbocycles. The van der Waals surface area contributed by atoms with Crippen LogP contribution in [0, 0.1) is 0 Å². The van der Waals surface area contributed by atoms with E-state index in [0.29, 0.717) is 0 Å². The Morgan fingerprint density at radius 2 is 1.70 bits per heavy atom. The van der Waals surface area contributed by atoms with Crippen molar-refractivity contribution in [2.24, 2.45) is 0 Å². The van der Waals surface area contributed by atoms with Gasteiger partial charge in [-0.1, -0.05) is 30.3 Å². The summed E-state index contributed by atoms with van der Waals surface area (Å²) in [5.41, 5.74) is 1.17. The standard InChI is InChI=1S/C17H26N6/c1-17(2,3)23-16(18-19-20-23)15(14-8-6-5-7-9-14)22-12-10-21(4)11-13-22/h5-9,15H,10-13H2,1-4H3/p+2/t15-/m0/s1. The fraction of sp³-hybridized carbons (Fsp3) is 0.588. The Kier molecular flexibility index (Phi) is 4.46. The van der Waals surface area contributed by atoms with Gasteiger partial charge in [-0.15, -0.1) is 5.10 Å². The fourth-order valence-corrected chi connectivity index (χ4v) is 3.35. The van der Waals surface area contributed by atoms with Gasteiger partial charge in [-0.2, -0.15) is 0 Å². The number of piperazine rings is 1. The summed E-state index contributed by atoms with van der Waals surface area (Å²) >= 11 is 0. The minimum Gasteiger partial charge on any atom is -0.328 e. The molecule has 1 atom stereocenters. The Bertz CT molecular complexity index is 622. The summed E-state index contributed by atoms with van der Waals surface area (Å²) in [5, 5.41) is 12.7. The van der Waals surface area contributed by atoms with E-state index in [1.807, 2.05) is 4.68 Å². The van der Waals surface area contributed by atoms with Crippen molar-refractivity contribution in [2.75, 3.05) is 33.2 Å². The summed E-state index contributed by atoms with van der Waals surface area (Å²) < 4.78 is 1.99. The summed E-state index contributed by atoms with van der Waals surface area (Å²) in [6.07, 6.45) is 0. The fourth-order valence-electron chi connectivity index (χ4n) is 3.35. The first-order valence-electron chi connectivity index (χ1n) is 8.46. The lowest BCUT2D eigenvalue weighted by Gasteiger charge is -2.34. The van der Waals surface area contributed by atoms with E-state index in [1.165, 1.54) is 18.7 Å². The van der Waals surface area contributed by atoms with Crippen molar-refractivity contribution >= 4 is 0 Å². The maximum Gasteiger partial charge on any atom is 0.214 e. The first kappa shape index (κ1) is 16.1. The van der Waals surface area contributed by atoms with Crippen molar-refractivity contribution in [2.45, 2.75) is 32.4 Å². The third-order valence-electron chi connectivity index (χ3n) is 4.67. The Morgan fingerprint density at radius 3 is 2.30 bits per heavy atom. The lowest BCUT2D eigenvalue weighted by Crippen LogP contribution is -3.27. The van der Waals surface area contributed by atoms with Crippen molar-refractivity contribution in [3.8, 4) is 0 Å². The smallest absolute Gasteiger partial charge is 0.214 e. The molecule has 1 aromatic heterocycles. The molecule has 1 fully saturated rings. The van der Waals surface area contributed by atoms with Gasteiger partial charge in [0.15, 0.2) is 6.04 Å². The van der Waals surface area contributed by atoms with Crippen LogP contribution in [0.4, 0.5) is 0 Å². The molecule has 1 saturated heterocycles. The zero-order valence-electron chi connectivity index (χ0n) is 14.6. The van der Waals surface area contributed by atoms with Crippen LogP contribution in [-0.2, 0) is 5.54 Å². The molecule has 0 radical (unpaired) electrons. The molecule has 2 aromatic rings. The molecule has 6 heteroatoms. The van der Waals surface area contributed by atoms with Crippen LogP contribution in [0.2, 0.25) is 0 Å². The van der Waals surface area contributed by atoms with E-state index in [9.17, 15) is 0 Å². The Labute approximate surface area is 138 Å². The molecule has 124 valence electrons. The predicted octanol–water partition coefficient (Wildman–Crippen LogP) is -1.07. The van der Waals surface area contributed by atoms with Crippen LogP contribution in [0.5, 0.6) is 0 Å². The highest BCUT2D eigenvalue weighted by Gasteiger charge is 2.36. The van der Waals surface area contributed by atoms with Crippen LogP contribution in [0.25, 0.3) is 0 Å². The molecule has 3 rings (SSSR count). The molecule has 0 amide bonds. The predicted molar refractivity (Wildman–Crippen MR) is 88.4 cm³/mol. The quantitative estimate of drug-likeness (QED) is 0.758. The molecule has 0 unspecified atom stereocenters. The van der Waals surface area contributed by atoms with Gasteiger partial charge in [-0.25, -0.2) is 4.68 Å². The van der Waals surface area contributed by atoms with E-state index >= 15 is 0 Å². The van der Waals surface area contributed by atoms with Gasteiger partial charge in [-0.3, -0.25) is 0 Å². The van der Waals surface area contributed by atoms with Gasteiger partial charge < -0.3 is 9.80 Å². The highest BCUT2D eigenvalue weighted by atomic mass is 15.6. The molecule has 23 heavy (non-hydrogen) atoms. The molecule has 2 N–H and O–H groups in total. The van der Waals surface area contributed by atoms with Crippen LogP contribution in [0.3, 0.4) is 0 Å². The first-order chi connectivity index (χ1) is 11.0. The number of hydrogen-bond donors (Lipinski definition) is 2. The SMILES string of the molecule is C[NH+]1CC[NH+]([C@@H](c2ccccc2)c2nnnn2C(C)(C)C)CC1. The average Bonchev–Trinajstić information content (AvgIpc) is 3.00. The highest BCUT2D eigenvalue weighted by Crippen LogP contribution is 2.21.